The van der Waals surface area contributed by atoms with Gasteiger partial charge in [-0.3, -0.25) is 0 Å². The molecule has 3 rings (SSSR count). The van der Waals surface area contributed by atoms with Gasteiger partial charge >= 0.3 is 0 Å². The van der Waals surface area contributed by atoms with Gasteiger partial charge < -0.3 is 9.64 Å². The third kappa shape index (κ3) is 2.50. The van der Waals surface area contributed by atoms with Gasteiger partial charge in [-0.15, -0.1) is 12.4 Å². The fourth-order valence-electron chi connectivity index (χ4n) is 1.79. The van der Waals surface area contributed by atoms with Gasteiger partial charge in [-0.25, -0.2) is 4.98 Å². The highest BCUT2D eigenvalue weighted by molar-refractivity contribution is 7.22. The summed E-state index contributed by atoms with van der Waals surface area (Å²) in [6, 6.07) is 5.90. The molecule has 1 aliphatic rings. The summed E-state index contributed by atoms with van der Waals surface area (Å²) in [5.74, 6) is 0. The van der Waals surface area contributed by atoms with E-state index in [9.17, 15) is 0 Å². The minimum atomic E-state index is 0. The van der Waals surface area contributed by atoms with Crippen molar-refractivity contribution in [2.24, 2.45) is 0 Å². The number of thiazole rings is 1. The van der Waals surface area contributed by atoms with E-state index in [0.717, 1.165) is 46.7 Å². The summed E-state index contributed by atoms with van der Waals surface area (Å²) in [6.45, 7) is 3.39. The second-order valence-electron chi connectivity index (χ2n) is 3.68. The molecule has 2 aromatic rings. The number of ether oxygens (including phenoxy) is 1. The lowest BCUT2D eigenvalue weighted by Crippen LogP contribution is -2.36. The molecule has 6 heteroatoms. The third-order valence-corrected chi connectivity index (χ3v) is 4.03. The van der Waals surface area contributed by atoms with Gasteiger partial charge in [0, 0.05) is 13.1 Å². The fraction of sp³-hybridized carbons (Fsp3) is 0.364. The van der Waals surface area contributed by atoms with Crippen LogP contribution < -0.4 is 4.90 Å². The maximum absolute atomic E-state index is 6.11. The molecule has 0 bridgehead atoms. The molecule has 0 radical (unpaired) electrons. The summed E-state index contributed by atoms with van der Waals surface area (Å²) in [6.07, 6.45) is 0. The molecule has 1 fully saturated rings. The molecule has 92 valence electrons. The van der Waals surface area contributed by atoms with Crippen LogP contribution in [0.1, 0.15) is 0 Å². The second kappa shape index (κ2) is 5.40. The van der Waals surface area contributed by atoms with E-state index in [1.54, 1.807) is 11.3 Å². The first-order valence-electron chi connectivity index (χ1n) is 5.22. The third-order valence-electron chi connectivity index (χ3n) is 2.64. The Bertz CT molecular complexity index is 511. The average molecular weight is 291 g/mol. The zero-order valence-electron chi connectivity index (χ0n) is 9.06. The molecule has 0 amide bonds. The summed E-state index contributed by atoms with van der Waals surface area (Å²) in [5, 5.41) is 1.78. The molecule has 0 atom stereocenters. The Morgan fingerprint density at radius 3 is 2.76 bits per heavy atom. The predicted octanol–water partition coefficient (Wildman–Crippen LogP) is 3.21. The van der Waals surface area contributed by atoms with E-state index in [1.165, 1.54) is 0 Å². The molecular formula is C11H12Cl2N2OS. The standard InChI is InChI=1S/C11H11ClN2OS.ClH/c12-8-2-1-3-9-10(8)13-11(16-9)14-4-6-15-7-5-14;/h1-3H,4-7H2;1H. The number of hydrogen-bond donors (Lipinski definition) is 0. The normalized spacial score (nSPS) is 15.9. The molecule has 2 heterocycles. The summed E-state index contributed by atoms with van der Waals surface area (Å²) < 4.78 is 6.48. The zero-order chi connectivity index (χ0) is 11.0. The van der Waals surface area contributed by atoms with Gasteiger partial charge in [-0.1, -0.05) is 29.0 Å². The Labute approximate surface area is 115 Å². The van der Waals surface area contributed by atoms with Crippen LogP contribution in [-0.2, 0) is 4.74 Å². The van der Waals surface area contributed by atoms with Crippen molar-refractivity contribution < 1.29 is 4.74 Å². The van der Waals surface area contributed by atoms with Crippen LogP contribution in [0, 0.1) is 0 Å². The Balaban J connectivity index is 0.00000108. The lowest BCUT2D eigenvalue weighted by Gasteiger charge is -2.25. The van der Waals surface area contributed by atoms with E-state index in [0.29, 0.717) is 0 Å². The van der Waals surface area contributed by atoms with E-state index in [2.05, 4.69) is 16.0 Å². The van der Waals surface area contributed by atoms with Crippen molar-refractivity contribution in [2.75, 3.05) is 31.2 Å². The molecule has 1 aliphatic heterocycles. The fourth-order valence-corrected chi connectivity index (χ4v) is 3.11. The zero-order valence-corrected chi connectivity index (χ0v) is 11.4. The van der Waals surface area contributed by atoms with E-state index in [1.807, 2.05) is 12.1 Å². The Morgan fingerprint density at radius 1 is 1.29 bits per heavy atom. The van der Waals surface area contributed by atoms with Crippen molar-refractivity contribution in [3.05, 3.63) is 23.2 Å². The molecule has 0 saturated carbocycles. The molecule has 0 N–H and O–H groups in total. The van der Waals surface area contributed by atoms with Crippen molar-refractivity contribution in [1.29, 1.82) is 0 Å². The van der Waals surface area contributed by atoms with Crippen LogP contribution in [0.3, 0.4) is 0 Å². The van der Waals surface area contributed by atoms with Crippen LogP contribution >= 0.6 is 35.3 Å². The van der Waals surface area contributed by atoms with Crippen LogP contribution in [0.2, 0.25) is 5.02 Å². The second-order valence-corrected chi connectivity index (χ2v) is 5.10. The Morgan fingerprint density at radius 2 is 2.06 bits per heavy atom. The molecule has 1 saturated heterocycles. The van der Waals surface area contributed by atoms with Crippen molar-refractivity contribution in [2.45, 2.75) is 0 Å². The number of benzene rings is 1. The first-order valence-corrected chi connectivity index (χ1v) is 6.42. The molecule has 1 aromatic carbocycles. The van der Waals surface area contributed by atoms with Gasteiger partial charge in [0.05, 0.1) is 22.9 Å². The van der Waals surface area contributed by atoms with Gasteiger partial charge in [-0.2, -0.15) is 0 Å². The predicted molar refractivity (Wildman–Crippen MR) is 74.9 cm³/mol. The quantitative estimate of drug-likeness (QED) is 0.806. The van der Waals surface area contributed by atoms with Gasteiger partial charge in [0.2, 0.25) is 0 Å². The molecular weight excluding hydrogens is 279 g/mol. The van der Waals surface area contributed by atoms with Gasteiger partial charge in [0.25, 0.3) is 0 Å². The van der Waals surface area contributed by atoms with Crippen LogP contribution in [0.5, 0.6) is 0 Å². The first kappa shape index (κ1) is 12.9. The lowest BCUT2D eigenvalue weighted by atomic mass is 10.3. The Kier molecular flexibility index (Phi) is 4.09. The highest BCUT2D eigenvalue weighted by atomic mass is 35.5. The minimum Gasteiger partial charge on any atom is -0.378 e. The number of rotatable bonds is 1. The minimum absolute atomic E-state index is 0. The van der Waals surface area contributed by atoms with Crippen LogP contribution in [0.25, 0.3) is 10.2 Å². The first-order chi connectivity index (χ1) is 7.84. The average Bonchev–Trinajstić information content (AvgIpc) is 2.76. The number of halogens is 2. The van der Waals surface area contributed by atoms with Gasteiger partial charge in [-0.05, 0) is 12.1 Å². The number of anilines is 1. The number of nitrogens with zero attached hydrogens (tertiary/aromatic N) is 2. The van der Waals surface area contributed by atoms with Gasteiger partial charge in [0.15, 0.2) is 5.13 Å². The number of hydrogen-bond acceptors (Lipinski definition) is 4. The van der Waals surface area contributed by atoms with Crippen LogP contribution in [-0.4, -0.2) is 31.3 Å². The monoisotopic (exact) mass is 290 g/mol. The van der Waals surface area contributed by atoms with Crippen molar-refractivity contribution in [3.8, 4) is 0 Å². The maximum atomic E-state index is 6.11. The largest absolute Gasteiger partial charge is 0.378 e. The van der Waals surface area contributed by atoms with Crippen molar-refractivity contribution in [3.63, 3.8) is 0 Å². The maximum Gasteiger partial charge on any atom is 0.186 e. The number of fused-ring (bicyclic) bond motifs is 1. The molecule has 1 aromatic heterocycles. The number of aromatic nitrogens is 1. The molecule has 0 unspecified atom stereocenters. The number of para-hydroxylation sites is 1. The molecule has 0 spiro atoms. The SMILES string of the molecule is Cl.Clc1cccc2sc(N3CCOCC3)nc12. The highest BCUT2D eigenvalue weighted by Crippen LogP contribution is 2.32. The molecule has 17 heavy (non-hydrogen) atoms. The summed E-state index contributed by atoms with van der Waals surface area (Å²) >= 11 is 7.80. The summed E-state index contributed by atoms with van der Waals surface area (Å²) in [7, 11) is 0. The topological polar surface area (TPSA) is 25.4 Å². The van der Waals surface area contributed by atoms with E-state index < -0.39 is 0 Å². The summed E-state index contributed by atoms with van der Waals surface area (Å²) in [5.41, 5.74) is 0.913. The number of morpholine rings is 1. The van der Waals surface area contributed by atoms with E-state index >= 15 is 0 Å². The Hall–Kier alpha value is -0.550. The van der Waals surface area contributed by atoms with E-state index in [-0.39, 0.29) is 12.4 Å². The van der Waals surface area contributed by atoms with Gasteiger partial charge in [0.1, 0.15) is 5.52 Å². The highest BCUT2D eigenvalue weighted by Gasteiger charge is 2.15. The van der Waals surface area contributed by atoms with Crippen LogP contribution in [0.15, 0.2) is 18.2 Å². The van der Waals surface area contributed by atoms with Crippen molar-refractivity contribution >= 4 is 50.7 Å². The van der Waals surface area contributed by atoms with Crippen molar-refractivity contribution in [1.82, 2.24) is 4.98 Å². The molecule has 0 aliphatic carbocycles. The lowest BCUT2D eigenvalue weighted by molar-refractivity contribution is 0.122. The molecule has 3 nitrogen and oxygen atoms in total. The summed E-state index contributed by atoms with van der Waals surface area (Å²) in [4.78, 5) is 6.85. The van der Waals surface area contributed by atoms with E-state index in [4.69, 9.17) is 16.3 Å². The smallest absolute Gasteiger partial charge is 0.186 e. The van der Waals surface area contributed by atoms with Crippen LogP contribution in [0.4, 0.5) is 5.13 Å².